The van der Waals surface area contributed by atoms with Crippen molar-refractivity contribution in [2.24, 2.45) is 0 Å². The largest absolute Gasteiger partial charge is 0.492 e. The molecule has 0 aromatic heterocycles. The molecule has 0 aromatic carbocycles. The van der Waals surface area contributed by atoms with Crippen LogP contribution in [-0.4, -0.2) is 93.9 Å². The van der Waals surface area contributed by atoms with Crippen LogP contribution in [0, 0.1) is 0 Å². The fraction of sp³-hybridized carbons (Fsp3) is 0.818. The predicted octanol–water partition coefficient (Wildman–Crippen LogP) is 20.7. The number of ketones is 2. The van der Waals surface area contributed by atoms with E-state index in [1.807, 2.05) is 69.2 Å². The number of carbonyl (C=O) groups excluding carboxylic acids is 2. The smallest absolute Gasteiger partial charge is 0.490 e. The molecule has 0 unspecified atom stereocenters. The summed E-state index contributed by atoms with van der Waals surface area (Å²) in [6.45, 7) is 47.8. The van der Waals surface area contributed by atoms with Crippen LogP contribution in [0.25, 0.3) is 0 Å². The van der Waals surface area contributed by atoms with Crippen LogP contribution in [0.3, 0.4) is 0 Å². The van der Waals surface area contributed by atoms with Crippen LogP contribution in [0.1, 0.15) is 205 Å². The molecule has 0 bridgehead atoms. The van der Waals surface area contributed by atoms with E-state index in [0.717, 1.165) is 19.5 Å². The van der Waals surface area contributed by atoms with Crippen LogP contribution in [0.5, 0.6) is 0 Å². The Bertz CT molecular complexity index is 1850. The average Bonchev–Trinajstić information content (AvgIpc) is 3.32. The maximum absolute atomic E-state index is 13.4. The van der Waals surface area contributed by atoms with Gasteiger partial charge in [-0.05, 0) is 187 Å². The first-order chi connectivity index (χ1) is 33.8. The van der Waals surface area contributed by atoms with Gasteiger partial charge in [-0.3, -0.25) is 9.59 Å². The number of carbonyl (C=O) groups is 2. The first-order valence-corrected chi connectivity index (χ1v) is 32.6. The van der Waals surface area contributed by atoms with E-state index >= 15 is 0 Å². The Morgan fingerprint density at radius 2 is 0.974 bits per heavy atom. The summed E-state index contributed by atoms with van der Waals surface area (Å²) in [6.07, 6.45) is 0.178. The second-order valence-electron chi connectivity index (χ2n) is 23.7. The van der Waals surface area contributed by atoms with Gasteiger partial charge in [0.15, 0.2) is 12.4 Å². The zero-order valence-corrected chi connectivity index (χ0v) is 63.5. The van der Waals surface area contributed by atoms with Crippen molar-refractivity contribution >= 4 is 154 Å². The zero-order chi connectivity index (χ0) is 62.6. The maximum atomic E-state index is 13.4. The van der Waals surface area contributed by atoms with E-state index < -0.39 is 42.3 Å². The molecule has 0 amide bonds. The topological polar surface area (TPSA) is 89.5 Å². The Morgan fingerprint density at radius 1 is 0.662 bits per heavy atom. The van der Waals surface area contributed by atoms with Crippen LogP contribution in [-0.2, 0) is 37.8 Å². The van der Waals surface area contributed by atoms with E-state index in [4.69, 9.17) is 28.3 Å². The quantitative estimate of drug-likeness (QED) is 0.0781. The molecule has 4 aliphatic heterocycles. The van der Waals surface area contributed by atoms with Crippen molar-refractivity contribution in [3.63, 3.8) is 0 Å². The van der Waals surface area contributed by atoms with Crippen molar-refractivity contribution in [1.29, 1.82) is 0 Å². The van der Waals surface area contributed by atoms with E-state index in [2.05, 4.69) is 218 Å². The third kappa shape index (κ3) is 43.2. The number of hydrogen-bond donors (Lipinski definition) is 0. The molecule has 0 spiro atoms. The highest BCUT2D eigenvalue weighted by atomic mass is 127. The third-order valence-electron chi connectivity index (χ3n) is 9.93. The van der Waals surface area contributed by atoms with Gasteiger partial charge in [-0.25, -0.2) is 8.78 Å². The van der Waals surface area contributed by atoms with Gasteiger partial charge in [0.1, 0.15) is 5.22 Å². The van der Waals surface area contributed by atoms with Gasteiger partial charge in [-0.15, -0.1) is 0 Å². The molecule has 2 saturated heterocycles. The molecule has 456 valence electrons. The Labute approximate surface area is 543 Å². The molecule has 77 heavy (non-hydrogen) atoms. The highest BCUT2D eigenvalue weighted by molar-refractivity contribution is 14.3. The zero-order valence-electron chi connectivity index (χ0n) is 50.6. The second kappa shape index (κ2) is 34.9. The Kier molecular flexibility index (Phi) is 38.6. The summed E-state index contributed by atoms with van der Waals surface area (Å²) in [5.74, 6) is -9.35. The molecule has 22 heteroatoms. The SMILES string of the molecule is CC.CC(C)=CC(=O)C=C(C)C.CC(I)(I)I.CC(I)I.CC1(C)C=C(B2OC(C)(C)C(C)(C)O2)CC(C)(C)O1.CC1(C)C=C(OCC(F)(F)CC(F)(F)C(F)(F)F)CC(C)(C)O1.CC1(C)CC(=O)CC(C)(C)O1.CCI. The molecule has 0 N–H and O–H groups in total. The number of Topliss-reactive ketones (excluding diaryl/α,β-unsaturated/α-hetero) is 1. The van der Waals surface area contributed by atoms with Crippen molar-refractivity contribution in [3.05, 3.63) is 46.7 Å². The number of allylic oxidation sites excluding steroid dienone is 4. The molecule has 0 saturated carbocycles. The molecule has 4 aliphatic rings. The first kappa shape index (κ1) is 85.3. The summed E-state index contributed by atoms with van der Waals surface area (Å²) in [6, 6.07) is 0. The summed E-state index contributed by atoms with van der Waals surface area (Å²) in [5, 5.41) is 0. The monoisotopic (exact) mass is 1790 g/mol. The Morgan fingerprint density at radius 3 is 1.26 bits per heavy atom. The molecular formula is C55H94BF7I6O8. The molecule has 4 heterocycles. The first-order valence-electron chi connectivity index (χ1n) is 25.4. The standard InChI is InChI=1S/C15H27BO3.C14H19F7O2.C9H16O2.C9H14O.C2H3I3.C2H4I2.C2H5I.C2H6/c1-12(2)9-11(10-13(3,4)17-12)16-18-14(5,6)15(7,8)19-16;1-10(2)5-9(6-11(3,4)23-10)22-8-12(15,16)7-13(17,18)14(19,20)21;1-8(2)5-7(10)6-9(3,4)11-8;1-7(2)5-9(10)6-8(3)4;1-2(3,4)5;1-2(3)4;1-2-3;1-2/h9H,10H2,1-8H3;5H,6-8H2,1-4H3;5-6H2,1-4H3;5-6H,1-4H3;1H3;2H,1H3;2H2,1H3;1-2H3. The van der Waals surface area contributed by atoms with E-state index in [1.165, 1.54) is 16.0 Å². The van der Waals surface area contributed by atoms with Crippen molar-refractivity contribution in [2.45, 2.75) is 269 Å². The minimum atomic E-state index is -6.03. The predicted molar refractivity (Wildman–Crippen MR) is 358 cm³/mol. The summed E-state index contributed by atoms with van der Waals surface area (Å²) in [4.78, 5) is 22.1. The van der Waals surface area contributed by atoms with E-state index in [0.29, 0.717) is 18.1 Å². The van der Waals surface area contributed by atoms with Crippen molar-refractivity contribution in [1.82, 2.24) is 0 Å². The molecule has 0 aromatic rings. The van der Waals surface area contributed by atoms with Gasteiger partial charge in [-0.1, -0.05) is 174 Å². The molecule has 0 radical (unpaired) electrons. The van der Waals surface area contributed by atoms with Gasteiger partial charge in [0.25, 0.3) is 5.92 Å². The number of rotatable bonds is 8. The summed E-state index contributed by atoms with van der Waals surface area (Å²) in [7, 11) is -0.257. The van der Waals surface area contributed by atoms with Gasteiger partial charge in [0.2, 0.25) is 0 Å². The van der Waals surface area contributed by atoms with Crippen LogP contribution in [0.2, 0.25) is 0 Å². The van der Waals surface area contributed by atoms with Crippen LogP contribution >= 0.6 is 136 Å². The molecular weight excluding hydrogens is 1690 g/mol. The third-order valence-corrected chi connectivity index (χ3v) is 9.93. The van der Waals surface area contributed by atoms with Gasteiger partial charge >= 0.3 is 19.2 Å². The molecule has 8 nitrogen and oxygen atoms in total. The summed E-state index contributed by atoms with van der Waals surface area (Å²) < 4.78 is 125. The normalized spacial score (nSPS) is 20.9. The van der Waals surface area contributed by atoms with Crippen LogP contribution in [0.15, 0.2) is 46.7 Å². The Balaban J connectivity index is -0.000000441. The summed E-state index contributed by atoms with van der Waals surface area (Å²) in [5.41, 5.74) is 0.150. The van der Waals surface area contributed by atoms with Crippen molar-refractivity contribution in [3.8, 4) is 0 Å². The van der Waals surface area contributed by atoms with Crippen LogP contribution in [0.4, 0.5) is 30.7 Å². The molecule has 0 atom stereocenters. The van der Waals surface area contributed by atoms with Crippen molar-refractivity contribution in [2.75, 3.05) is 11.0 Å². The highest BCUT2D eigenvalue weighted by Gasteiger charge is 2.62. The maximum Gasteiger partial charge on any atom is 0.490 e. The van der Waals surface area contributed by atoms with Crippen LogP contribution < -0.4 is 0 Å². The van der Waals surface area contributed by atoms with Gasteiger partial charge < -0.3 is 28.3 Å². The average molecular weight is 1790 g/mol. The molecule has 2 fully saturated rings. The lowest BCUT2D eigenvalue weighted by molar-refractivity contribution is -0.302. The van der Waals surface area contributed by atoms with Gasteiger partial charge in [-0.2, -0.15) is 22.0 Å². The lowest BCUT2D eigenvalue weighted by Crippen LogP contribution is -2.45. The fourth-order valence-electron chi connectivity index (χ4n) is 7.76. The molecule has 4 rings (SSSR count). The van der Waals surface area contributed by atoms with E-state index in [9.17, 15) is 40.3 Å². The minimum absolute atomic E-state index is 0.0706. The van der Waals surface area contributed by atoms with E-state index in [1.54, 1.807) is 39.8 Å². The Hall–Kier alpha value is 1.85. The van der Waals surface area contributed by atoms with Crippen molar-refractivity contribution < 1.29 is 68.6 Å². The number of ether oxygens (including phenoxy) is 4. The van der Waals surface area contributed by atoms with Gasteiger partial charge in [0, 0.05) is 19.3 Å². The van der Waals surface area contributed by atoms with Gasteiger partial charge in [0.05, 0.1) is 58.9 Å². The van der Waals surface area contributed by atoms with E-state index in [-0.39, 0.29) is 58.7 Å². The fourth-order valence-corrected chi connectivity index (χ4v) is 7.76. The highest BCUT2D eigenvalue weighted by Crippen LogP contribution is 2.45. The number of halogens is 13. The number of hydrogen-bond acceptors (Lipinski definition) is 8. The minimum Gasteiger partial charge on any atom is -0.492 e. The summed E-state index contributed by atoms with van der Waals surface area (Å²) >= 11 is 14.0. The molecule has 0 aliphatic carbocycles. The second-order valence-corrected chi connectivity index (χ2v) is 44.0. The number of alkyl halides is 13. The lowest BCUT2D eigenvalue weighted by atomic mass is 9.69. The lowest BCUT2D eigenvalue weighted by Gasteiger charge is -2.40.